The van der Waals surface area contributed by atoms with Gasteiger partial charge in [-0.05, 0) is 122 Å². The number of rotatable bonds is 11. The molecular weight excluding hydrogens is 1160 g/mol. The molecule has 0 spiro atoms. The molecule has 398 valence electrons. The van der Waals surface area contributed by atoms with Crippen molar-refractivity contribution in [3.8, 4) is 56.6 Å². The van der Waals surface area contributed by atoms with Crippen LogP contribution in [0.5, 0.6) is 11.5 Å². The van der Waals surface area contributed by atoms with Gasteiger partial charge in [0.25, 0.3) is 6.33 Å². The number of aromatic nitrogens is 5. The van der Waals surface area contributed by atoms with Gasteiger partial charge in [-0.25, -0.2) is 4.98 Å². The van der Waals surface area contributed by atoms with Gasteiger partial charge >= 0.3 is 0 Å². The quantitative estimate of drug-likeness (QED) is 0.0956. The number of pyridine rings is 1. The Balaban J connectivity index is 0.00000848. The van der Waals surface area contributed by atoms with Crippen LogP contribution in [0.3, 0.4) is 0 Å². The number of nitrogens with zero attached hydrogens (tertiary/aromatic N) is 5. The minimum Gasteiger partial charge on any atom is -0.510 e. The maximum Gasteiger partial charge on any atom is 0.268 e. The summed E-state index contributed by atoms with van der Waals surface area (Å²) < 4.78 is 139. The van der Waals surface area contributed by atoms with E-state index in [2.05, 4.69) is 78.2 Å². The van der Waals surface area contributed by atoms with Crippen LogP contribution < -0.4 is 9.30 Å². The van der Waals surface area contributed by atoms with Crippen LogP contribution in [0, 0.1) is 18.5 Å². The monoisotopic (exact) mass is 1230 g/mol. The van der Waals surface area contributed by atoms with Crippen LogP contribution in [-0.4, -0.2) is 18.7 Å². The SMILES string of the molecule is [2H]c1c([2H])c([2H])c(-c2cccc(-c3cc(C(C)(C)C)cc(C(C)(C)C)c3)c2-[n+]2[c-]n(-c3[c-]c(Oc4[c-]c5c(cc4)c4cc(-n6c7c([2H])c([2H])c([2H])c([2H])c7c7c([2H])c([2H])c([2H])c([2H])c76)ccc4n5-c4cc(C([2H])(CC)CC)ccn4)ccc3)c3ccccc32)c([2H])c1[2H].[Pt]. The van der Waals surface area contributed by atoms with Gasteiger partial charge in [0, 0.05) is 62.1 Å². The Morgan fingerprint density at radius 1 is 0.575 bits per heavy atom. The normalized spacial score (nSPS) is 14.7. The van der Waals surface area contributed by atoms with Crippen molar-refractivity contribution in [1.82, 2.24) is 18.7 Å². The number of para-hydroxylation sites is 5. The van der Waals surface area contributed by atoms with Gasteiger partial charge in [0.1, 0.15) is 5.82 Å². The van der Waals surface area contributed by atoms with E-state index in [4.69, 9.17) is 22.1 Å². The van der Waals surface area contributed by atoms with Gasteiger partial charge in [0.2, 0.25) is 0 Å². The van der Waals surface area contributed by atoms with Gasteiger partial charge in [-0.2, -0.15) is 18.2 Å². The zero-order chi connectivity index (χ0) is 66.4. The molecule has 0 unspecified atom stereocenters. The molecular formula is C73H63N5OPt-2. The maximum absolute atomic E-state index is 9.46. The Morgan fingerprint density at radius 2 is 1.23 bits per heavy atom. The van der Waals surface area contributed by atoms with Gasteiger partial charge in [0.05, 0.1) is 45.6 Å². The third-order valence-corrected chi connectivity index (χ3v) is 14.9. The van der Waals surface area contributed by atoms with E-state index in [0.717, 1.165) is 27.8 Å². The van der Waals surface area contributed by atoms with E-state index in [0.29, 0.717) is 85.6 Å². The van der Waals surface area contributed by atoms with Gasteiger partial charge in [-0.3, -0.25) is 4.57 Å². The summed E-state index contributed by atoms with van der Waals surface area (Å²) in [6.07, 6.45) is 6.39. The van der Waals surface area contributed by atoms with E-state index in [1.54, 1.807) is 30.5 Å². The molecule has 0 amide bonds. The second kappa shape index (κ2) is 20.7. The van der Waals surface area contributed by atoms with Crippen molar-refractivity contribution in [2.24, 2.45) is 0 Å². The Kier molecular flexibility index (Phi) is 9.93. The van der Waals surface area contributed by atoms with E-state index < -0.39 is 72.4 Å². The fourth-order valence-corrected chi connectivity index (χ4v) is 10.8. The smallest absolute Gasteiger partial charge is 0.268 e. The average molecular weight is 1240 g/mol. The summed E-state index contributed by atoms with van der Waals surface area (Å²) in [4.78, 5) is 4.88. The van der Waals surface area contributed by atoms with Crippen LogP contribution >= 0.6 is 0 Å². The molecule has 80 heavy (non-hydrogen) atoms. The van der Waals surface area contributed by atoms with Crippen molar-refractivity contribution < 1.29 is 49.6 Å². The third kappa shape index (κ3) is 9.23. The second-order valence-electron chi connectivity index (χ2n) is 21.9. The summed E-state index contributed by atoms with van der Waals surface area (Å²) in [6, 6.07) is 39.4. The summed E-state index contributed by atoms with van der Waals surface area (Å²) in [5, 5.41) is 1.24. The van der Waals surface area contributed by atoms with Crippen LogP contribution in [0.25, 0.3) is 99.8 Å². The van der Waals surface area contributed by atoms with E-state index in [-0.39, 0.29) is 71.3 Å². The Bertz CT molecular complexity index is 5190. The first-order valence-electron chi connectivity index (χ1n) is 33.6. The van der Waals surface area contributed by atoms with E-state index in [9.17, 15) is 6.85 Å². The molecule has 0 atom stereocenters. The molecule has 0 N–H and O–H groups in total. The molecule has 0 aliphatic heterocycles. The molecule has 0 saturated heterocycles. The minimum absolute atomic E-state index is 0. The Hall–Kier alpha value is -8.31. The van der Waals surface area contributed by atoms with Crippen molar-refractivity contribution in [3.63, 3.8) is 0 Å². The second-order valence-corrected chi connectivity index (χ2v) is 21.9. The summed E-state index contributed by atoms with van der Waals surface area (Å²) >= 11 is 0. The zero-order valence-corrected chi connectivity index (χ0v) is 47.8. The van der Waals surface area contributed by atoms with Crippen LogP contribution in [0.4, 0.5) is 0 Å². The Labute approximate surface area is 503 Å². The summed E-state index contributed by atoms with van der Waals surface area (Å²) in [7, 11) is 0. The maximum atomic E-state index is 9.46. The van der Waals surface area contributed by atoms with Gasteiger partial charge in [-0.15, -0.1) is 29.7 Å². The van der Waals surface area contributed by atoms with Crippen molar-refractivity contribution in [2.75, 3.05) is 0 Å². The first-order valence-corrected chi connectivity index (χ1v) is 26.6. The van der Waals surface area contributed by atoms with Crippen molar-refractivity contribution in [2.45, 2.75) is 85.0 Å². The van der Waals surface area contributed by atoms with Crippen LogP contribution in [0.2, 0.25) is 0 Å². The average Bonchev–Trinajstić information content (AvgIpc) is 1.53. The number of benzene rings is 9. The van der Waals surface area contributed by atoms with E-state index >= 15 is 0 Å². The molecule has 0 bridgehead atoms. The predicted molar refractivity (Wildman–Crippen MR) is 326 cm³/mol. The molecule has 6 nitrogen and oxygen atoms in total. The number of hydrogen-bond donors (Lipinski definition) is 0. The van der Waals surface area contributed by atoms with Crippen molar-refractivity contribution >= 4 is 54.6 Å². The number of hydrogen-bond acceptors (Lipinski definition) is 2. The molecule has 0 aliphatic rings. The topological polar surface area (TPSA) is 40.8 Å². The van der Waals surface area contributed by atoms with Crippen LogP contribution in [0.1, 0.15) is 110 Å². The van der Waals surface area contributed by atoms with Crippen LogP contribution in [-0.2, 0) is 31.9 Å². The van der Waals surface area contributed by atoms with Crippen molar-refractivity contribution in [3.05, 3.63) is 241 Å². The molecule has 13 rings (SSSR count). The van der Waals surface area contributed by atoms with E-state index in [1.807, 2.05) is 106 Å². The summed E-state index contributed by atoms with van der Waals surface area (Å²) in [5.74, 6) is 0.163. The Morgan fingerprint density at radius 3 is 1.93 bits per heavy atom. The molecule has 9 aromatic carbocycles. The van der Waals surface area contributed by atoms with Gasteiger partial charge in [-0.1, -0.05) is 188 Å². The van der Waals surface area contributed by atoms with E-state index in [1.165, 1.54) is 4.57 Å². The number of fused-ring (bicyclic) bond motifs is 7. The predicted octanol–water partition coefficient (Wildman–Crippen LogP) is 18.5. The summed E-state index contributed by atoms with van der Waals surface area (Å²) in [6.45, 7) is 17.0. The standard InChI is InChI=1S/C73H63N5O.Pt/c1-9-48(10-2)50-38-39-74-70(42-50)78-66-37-34-55(77-64-30-16-14-26-60(64)61-27-15-17-31-65(61)77)45-63(66)62-36-35-57(46-69(62)78)79-56-25-20-24-54(44-56)75-47-76(68-33-19-18-32-67(68)75)71-58(49-22-12-11-13-23-49)28-21-29-59(71)51-40-52(72(3,4)5)43-53(41-51)73(6,7)8;/h11-43,45,48H,9-10H2,1-8H3;/q-2;/i11D,12D,13D,14D,15D,16D,17D,22D,23D,26D,27D,30D,31D,48D;. The molecule has 4 heterocycles. The molecule has 13 aromatic rings. The summed E-state index contributed by atoms with van der Waals surface area (Å²) in [5.41, 5.74) is 8.53. The minimum atomic E-state index is -0.925. The largest absolute Gasteiger partial charge is 0.510 e. The molecule has 0 saturated carbocycles. The molecule has 7 heteroatoms. The zero-order valence-electron chi connectivity index (χ0n) is 59.5. The third-order valence-electron chi connectivity index (χ3n) is 14.9. The fraction of sp³-hybridized carbons (Fsp3) is 0.178. The molecule has 0 fully saturated rings. The molecule has 0 radical (unpaired) electrons. The fourth-order valence-electron chi connectivity index (χ4n) is 10.8. The number of imidazole rings is 1. The van der Waals surface area contributed by atoms with Gasteiger partial charge in [0.15, 0.2) is 0 Å². The van der Waals surface area contributed by atoms with Gasteiger partial charge < -0.3 is 18.4 Å². The van der Waals surface area contributed by atoms with Crippen LogP contribution in [0.15, 0.2) is 206 Å². The molecule has 4 aromatic heterocycles. The van der Waals surface area contributed by atoms with Crippen molar-refractivity contribution in [1.29, 1.82) is 0 Å². The first-order chi connectivity index (χ1) is 44.1. The first kappa shape index (κ1) is 38.3. The molecule has 0 aliphatic carbocycles. The number of ether oxygens (including phenoxy) is 1.